The van der Waals surface area contributed by atoms with Crippen molar-refractivity contribution < 1.29 is 19.1 Å². The lowest BCUT2D eigenvalue weighted by Crippen LogP contribution is -2.29. The zero-order valence-electron chi connectivity index (χ0n) is 9.82. The Balaban J connectivity index is 2.37. The molecule has 5 heteroatoms. The van der Waals surface area contributed by atoms with Crippen LogP contribution in [0, 0.1) is 0 Å². The van der Waals surface area contributed by atoms with Crippen LogP contribution in [0.25, 0.3) is 0 Å². The van der Waals surface area contributed by atoms with Crippen molar-refractivity contribution in [1.82, 2.24) is 4.90 Å². The molecule has 1 fully saturated rings. The lowest BCUT2D eigenvalue weighted by atomic mass is 10.1. The summed E-state index contributed by atoms with van der Waals surface area (Å²) in [6.45, 7) is 2.41. The average Bonchev–Trinajstić information content (AvgIpc) is 2.49. The van der Waals surface area contributed by atoms with E-state index in [4.69, 9.17) is 4.74 Å². The fraction of sp³-hybridized carbons (Fsp3) is 0.583. The zero-order valence-corrected chi connectivity index (χ0v) is 9.82. The molecule has 0 aromatic carbocycles. The fourth-order valence-electron chi connectivity index (χ4n) is 2.27. The van der Waals surface area contributed by atoms with Gasteiger partial charge in [0.1, 0.15) is 5.57 Å². The molecule has 0 aromatic rings. The molecule has 2 aliphatic heterocycles. The average molecular weight is 237 g/mol. The second-order valence-electron chi connectivity index (χ2n) is 4.14. The third kappa shape index (κ3) is 1.97. The molecule has 1 saturated heterocycles. The summed E-state index contributed by atoms with van der Waals surface area (Å²) in [5.41, 5.74) is 0.523. The number of carbonyl (C=O) groups is 3. The van der Waals surface area contributed by atoms with E-state index in [1.165, 1.54) is 4.90 Å². The molecule has 17 heavy (non-hydrogen) atoms. The standard InChI is InChI=1S/C12H15NO4/c1-2-17-12(16)9-8-6-4-3-5-7-13(8)11(15)10(9)14/h2-7H2,1H3. The first kappa shape index (κ1) is 11.8. The number of ether oxygens (including phenoxy) is 1. The zero-order chi connectivity index (χ0) is 12.4. The summed E-state index contributed by atoms with van der Waals surface area (Å²) in [7, 11) is 0. The van der Waals surface area contributed by atoms with Crippen molar-refractivity contribution in [3.05, 3.63) is 11.3 Å². The van der Waals surface area contributed by atoms with E-state index in [2.05, 4.69) is 0 Å². The lowest BCUT2D eigenvalue weighted by molar-refractivity contribution is -0.143. The number of nitrogens with zero attached hydrogens (tertiary/aromatic N) is 1. The Morgan fingerprint density at radius 3 is 2.76 bits per heavy atom. The smallest absolute Gasteiger partial charge is 0.344 e. The van der Waals surface area contributed by atoms with Crippen LogP contribution in [0.2, 0.25) is 0 Å². The topological polar surface area (TPSA) is 63.7 Å². The van der Waals surface area contributed by atoms with Gasteiger partial charge in [0.15, 0.2) is 0 Å². The number of amides is 1. The van der Waals surface area contributed by atoms with Crippen LogP contribution in [0.1, 0.15) is 32.6 Å². The second kappa shape index (κ2) is 4.69. The molecule has 0 bridgehead atoms. The van der Waals surface area contributed by atoms with E-state index in [1.807, 2.05) is 0 Å². The van der Waals surface area contributed by atoms with Gasteiger partial charge >= 0.3 is 5.97 Å². The van der Waals surface area contributed by atoms with Crippen LogP contribution in [0.5, 0.6) is 0 Å². The van der Waals surface area contributed by atoms with Crippen molar-refractivity contribution >= 4 is 17.7 Å². The summed E-state index contributed by atoms with van der Waals surface area (Å²) < 4.78 is 4.84. The number of allylic oxidation sites excluding steroid dienone is 1. The Labute approximate surface area is 99.4 Å². The van der Waals surface area contributed by atoms with Gasteiger partial charge in [-0.1, -0.05) is 6.42 Å². The van der Waals surface area contributed by atoms with Gasteiger partial charge in [-0.15, -0.1) is 0 Å². The summed E-state index contributed by atoms with van der Waals surface area (Å²) >= 11 is 0. The molecule has 0 spiro atoms. The van der Waals surface area contributed by atoms with E-state index in [-0.39, 0.29) is 12.2 Å². The van der Waals surface area contributed by atoms with Gasteiger partial charge in [-0.25, -0.2) is 4.79 Å². The number of ketones is 1. The van der Waals surface area contributed by atoms with E-state index >= 15 is 0 Å². The molecule has 92 valence electrons. The second-order valence-corrected chi connectivity index (χ2v) is 4.14. The van der Waals surface area contributed by atoms with Gasteiger partial charge in [0.2, 0.25) is 0 Å². The number of carbonyl (C=O) groups excluding carboxylic acids is 3. The van der Waals surface area contributed by atoms with Gasteiger partial charge in [0.25, 0.3) is 11.7 Å². The monoisotopic (exact) mass is 237 g/mol. The first-order chi connectivity index (χ1) is 8.16. The molecule has 0 aliphatic carbocycles. The molecule has 0 saturated carbocycles. The van der Waals surface area contributed by atoms with Gasteiger partial charge in [-0.3, -0.25) is 9.59 Å². The molecule has 5 nitrogen and oxygen atoms in total. The highest BCUT2D eigenvalue weighted by atomic mass is 16.5. The van der Waals surface area contributed by atoms with Gasteiger partial charge in [0, 0.05) is 12.2 Å². The number of esters is 1. The van der Waals surface area contributed by atoms with Crippen LogP contribution in [0.3, 0.4) is 0 Å². The van der Waals surface area contributed by atoms with Gasteiger partial charge in [0.05, 0.1) is 6.61 Å². The number of hydrogen-bond donors (Lipinski definition) is 0. The first-order valence-electron chi connectivity index (χ1n) is 5.93. The third-order valence-corrected chi connectivity index (χ3v) is 3.06. The summed E-state index contributed by atoms with van der Waals surface area (Å²) in [5, 5.41) is 0. The Hall–Kier alpha value is -1.65. The predicted octanol–water partition coefficient (Wildman–Crippen LogP) is 0.789. The Bertz CT molecular complexity index is 411. The van der Waals surface area contributed by atoms with Gasteiger partial charge in [-0.05, 0) is 26.2 Å². The largest absolute Gasteiger partial charge is 0.462 e. The van der Waals surface area contributed by atoms with Crippen molar-refractivity contribution in [2.45, 2.75) is 32.6 Å². The molecule has 1 amide bonds. The van der Waals surface area contributed by atoms with E-state index in [1.54, 1.807) is 6.92 Å². The van der Waals surface area contributed by atoms with E-state index < -0.39 is 17.7 Å². The highest BCUT2D eigenvalue weighted by Gasteiger charge is 2.42. The summed E-state index contributed by atoms with van der Waals surface area (Å²) in [6, 6.07) is 0. The number of Topliss-reactive ketones (excluding diaryl/α,β-unsaturated/α-hetero) is 1. The highest BCUT2D eigenvalue weighted by Crippen LogP contribution is 2.29. The number of hydrogen-bond acceptors (Lipinski definition) is 4. The van der Waals surface area contributed by atoms with Crippen molar-refractivity contribution in [2.24, 2.45) is 0 Å². The Kier molecular flexibility index (Phi) is 3.26. The van der Waals surface area contributed by atoms with E-state index in [0.29, 0.717) is 18.7 Å². The molecular formula is C12H15NO4. The minimum Gasteiger partial charge on any atom is -0.462 e. The summed E-state index contributed by atoms with van der Waals surface area (Å²) in [6.07, 6.45) is 3.39. The molecule has 2 heterocycles. The van der Waals surface area contributed by atoms with Crippen LogP contribution < -0.4 is 0 Å². The van der Waals surface area contributed by atoms with Crippen LogP contribution in [0.4, 0.5) is 0 Å². The maximum Gasteiger partial charge on any atom is 0.344 e. The van der Waals surface area contributed by atoms with E-state index in [9.17, 15) is 14.4 Å². The predicted molar refractivity (Wildman–Crippen MR) is 58.8 cm³/mol. The quantitative estimate of drug-likeness (QED) is 0.404. The normalized spacial score (nSPS) is 20.4. The maximum absolute atomic E-state index is 11.8. The summed E-state index contributed by atoms with van der Waals surface area (Å²) in [5.74, 6) is -1.95. The molecule has 0 atom stereocenters. The Morgan fingerprint density at radius 1 is 1.29 bits per heavy atom. The highest BCUT2D eigenvalue weighted by molar-refractivity contribution is 6.51. The van der Waals surface area contributed by atoms with Crippen molar-refractivity contribution in [1.29, 1.82) is 0 Å². The molecule has 2 rings (SSSR count). The van der Waals surface area contributed by atoms with Gasteiger partial charge < -0.3 is 9.64 Å². The van der Waals surface area contributed by atoms with Gasteiger partial charge in [-0.2, -0.15) is 0 Å². The molecule has 2 aliphatic rings. The summed E-state index contributed by atoms with van der Waals surface area (Å²) in [4.78, 5) is 36.6. The van der Waals surface area contributed by atoms with Crippen LogP contribution in [0.15, 0.2) is 11.3 Å². The molecule has 0 unspecified atom stereocenters. The van der Waals surface area contributed by atoms with Crippen molar-refractivity contribution in [3.8, 4) is 0 Å². The minimum absolute atomic E-state index is 0.0428. The maximum atomic E-state index is 11.8. The first-order valence-corrected chi connectivity index (χ1v) is 5.93. The molecular weight excluding hydrogens is 222 g/mol. The number of rotatable bonds is 2. The molecule has 0 radical (unpaired) electrons. The number of fused-ring (bicyclic) bond motifs is 1. The minimum atomic E-state index is -0.708. The Morgan fingerprint density at radius 2 is 2.06 bits per heavy atom. The van der Waals surface area contributed by atoms with Crippen molar-refractivity contribution in [3.63, 3.8) is 0 Å². The van der Waals surface area contributed by atoms with Crippen LogP contribution >= 0.6 is 0 Å². The fourth-order valence-corrected chi connectivity index (χ4v) is 2.27. The van der Waals surface area contributed by atoms with Crippen LogP contribution in [-0.2, 0) is 19.1 Å². The van der Waals surface area contributed by atoms with Crippen molar-refractivity contribution in [2.75, 3.05) is 13.2 Å². The van der Waals surface area contributed by atoms with Crippen LogP contribution in [-0.4, -0.2) is 35.7 Å². The SMILES string of the molecule is CCOC(=O)C1=C2CCCCCN2C(=O)C1=O. The molecule has 0 aromatic heterocycles. The molecule has 0 N–H and O–H groups in total. The van der Waals surface area contributed by atoms with E-state index in [0.717, 1.165) is 19.3 Å². The third-order valence-electron chi connectivity index (χ3n) is 3.06. The lowest BCUT2D eigenvalue weighted by Gasteiger charge is -2.15.